The summed E-state index contributed by atoms with van der Waals surface area (Å²) in [5.41, 5.74) is 2.77. The Hall–Kier alpha value is -3.05. The van der Waals surface area contributed by atoms with Gasteiger partial charge < -0.3 is 25.2 Å². The maximum Gasteiger partial charge on any atom is 0.416 e. The first kappa shape index (κ1) is 20.8. The topological polar surface area (TPSA) is 122 Å². The molecular weight excluding hydrogens is 419 g/mol. The molecule has 1 fully saturated rings. The number of amides is 1. The summed E-state index contributed by atoms with van der Waals surface area (Å²) < 4.78 is 24.7. The average Bonchev–Trinajstić information content (AvgIpc) is 3.38. The zero-order chi connectivity index (χ0) is 22.2. The minimum atomic E-state index is -0.876. The molecule has 10 nitrogen and oxygen atoms in total. The lowest BCUT2D eigenvalue weighted by molar-refractivity contribution is 0.115. The smallest absolute Gasteiger partial charge is 0.416 e. The van der Waals surface area contributed by atoms with E-state index in [0.717, 1.165) is 42.6 Å². The summed E-state index contributed by atoms with van der Waals surface area (Å²) in [5, 5.41) is 15.8. The van der Waals surface area contributed by atoms with Crippen molar-refractivity contribution in [3.8, 4) is 5.88 Å². The molecule has 0 aromatic carbocycles. The second-order valence-electron chi connectivity index (χ2n) is 8.39. The number of aryl methyl sites for hydroxylation is 1. The fourth-order valence-electron chi connectivity index (χ4n) is 4.46. The van der Waals surface area contributed by atoms with Gasteiger partial charge in [-0.25, -0.2) is 19.2 Å². The van der Waals surface area contributed by atoms with Crippen molar-refractivity contribution in [1.82, 2.24) is 20.3 Å². The predicted octanol–water partition coefficient (Wildman–Crippen LogP) is 1.16. The summed E-state index contributed by atoms with van der Waals surface area (Å²) in [5.74, 6) is 1.07. The van der Waals surface area contributed by atoms with E-state index >= 15 is 0 Å². The van der Waals surface area contributed by atoms with Crippen LogP contribution in [0.15, 0.2) is 12.4 Å². The molecular formula is C21H25FN6O4. The number of anilines is 2. The Kier molecular flexibility index (Phi) is 5.51. The monoisotopic (exact) mass is 444 g/mol. The van der Waals surface area contributed by atoms with E-state index in [1.165, 1.54) is 17.3 Å². The van der Waals surface area contributed by atoms with E-state index in [9.17, 15) is 14.3 Å². The molecule has 32 heavy (non-hydrogen) atoms. The molecule has 11 heteroatoms. The molecule has 2 aliphatic heterocycles. The number of carbonyl (C=O) groups excluding carboxylic acids is 1. The summed E-state index contributed by atoms with van der Waals surface area (Å²) in [6, 6.07) is 0. The fraction of sp³-hybridized carbons (Fsp3) is 0.524. The molecule has 1 saturated heterocycles. The molecule has 3 unspecified atom stereocenters. The highest BCUT2D eigenvalue weighted by Gasteiger charge is 2.34. The maximum absolute atomic E-state index is 14.0. The molecule has 2 aromatic rings. The van der Waals surface area contributed by atoms with Crippen molar-refractivity contribution in [2.24, 2.45) is 5.92 Å². The fourth-order valence-corrected chi connectivity index (χ4v) is 4.46. The van der Waals surface area contributed by atoms with Crippen LogP contribution in [-0.4, -0.2) is 64.7 Å². The number of pyridine rings is 1. The van der Waals surface area contributed by atoms with Gasteiger partial charge in [0.2, 0.25) is 0 Å². The van der Waals surface area contributed by atoms with Crippen molar-refractivity contribution in [2.45, 2.75) is 38.5 Å². The second kappa shape index (κ2) is 8.47. The molecule has 0 radical (unpaired) electrons. The molecule has 0 spiro atoms. The lowest BCUT2D eigenvalue weighted by Crippen LogP contribution is -2.34. The van der Waals surface area contributed by atoms with Crippen LogP contribution in [0.5, 0.6) is 5.88 Å². The van der Waals surface area contributed by atoms with Crippen LogP contribution in [0.3, 0.4) is 0 Å². The molecule has 4 heterocycles. The number of carbonyl (C=O) groups is 1. The number of ether oxygens (including phenoxy) is 2. The van der Waals surface area contributed by atoms with Gasteiger partial charge >= 0.3 is 6.09 Å². The van der Waals surface area contributed by atoms with E-state index < -0.39 is 12.3 Å². The van der Waals surface area contributed by atoms with Gasteiger partial charge in [-0.1, -0.05) is 0 Å². The number of halogens is 1. The van der Waals surface area contributed by atoms with Crippen LogP contribution in [-0.2, 0) is 17.6 Å². The number of nitrogens with zero attached hydrogens (tertiary/aromatic N) is 4. The number of hydrogen-bond acceptors (Lipinski definition) is 9. The Labute approximate surface area is 184 Å². The Morgan fingerprint density at radius 1 is 1.31 bits per heavy atom. The molecule has 0 bridgehead atoms. The first-order valence-electron chi connectivity index (χ1n) is 10.7. The average molecular weight is 444 g/mol. The third-order valence-electron chi connectivity index (χ3n) is 6.11. The zero-order valence-corrected chi connectivity index (χ0v) is 17.7. The molecule has 3 aliphatic rings. The molecule has 0 saturated carbocycles. The third-order valence-corrected chi connectivity index (χ3v) is 6.11. The lowest BCUT2D eigenvalue weighted by atomic mass is 10.0. The minimum Gasteiger partial charge on any atom is -0.470 e. The van der Waals surface area contributed by atoms with Gasteiger partial charge in [-0.2, -0.15) is 0 Å². The number of rotatable bonds is 6. The van der Waals surface area contributed by atoms with Gasteiger partial charge in [0.15, 0.2) is 17.9 Å². The van der Waals surface area contributed by atoms with Gasteiger partial charge in [-0.15, -0.1) is 0 Å². The van der Waals surface area contributed by atoms with Gasteiger partial charge in [0.25, 0.3) is 5.88 Å². The Morgan fingerprint density at radius 2 is 2.16 bits per heavy atom. The van der Waals surface area contributed by atoms with Crippen molar-refractivity contribution in [2.75, 3.05) is 36.5 Å². The Balaban J connectivity index is 1.10. The number of fused-ring (bicyclic) bond motifs is 2. The number of aliphatic hydroxyl groups excluding tert-OH is 1. The number of aromatic nitrogens is 3. The largest absolute Gasteiger partial charge is 0.470 e. The first-order valence-corrected chi connectivity index (χ1v) is 10.7. The normalized spacial score (nSPS) is 23.9. The number of nitrogens with one attached hydrogen (secondary N) is 2. The first-order chi connectivity index (χ1) is 15.5. The van der Waals surface area contributed by atoms with Crippen LogP contribution in [0, 0.1) is 18.7 Å². The van der Waals surface area contributed by atoms with Crippen molar-refractivity contribution < 1.29 is 23.8 Å². The summed E-state index contributed by atoms with van der Waals surface area (Å²) in [7, 11) is 0. The van der Waals surface area contributed by atoms with E-state index in [1.54, 1.807) is 0 Å². The molecule has 1 aliphatic carbocycles. The zero-order valence-electron chi connectivity index (χ0n) is 17.7. The van der Waals surface area contributed by atoms with E-state index in [0.29, 0.717) is 24.8 Å². The highest BCUT2D eigenvalue weighted by molar-refractivity contribution is 5.88. The second-order valence-corrected chi connectivity index (χ2v) is 8.39. The quantitative estimate of drug-likeness (QED) is 0.564. The summed E-state index contributed by atoms with van der Waals surface area (Å²) in [4.78, 5) is 26.3. The van der Waals surface area contributed by atoms with Crippen LogP contribution in [0.4, 0.5) is 20.8 Å². The Bertz CT molecular complexity index is 1010. The van der Waals surface area contributed by atoms with Gasteiger partial charge in [0.05, 0.1) is 18.9 Å². The number of hydrogen-bond donors (Lipinski definition) is 3. The van der Waals surface area contributed by atoms with Gasteiger partial charge in [0.1, 0.15) is 18.5 Å². The van der Waals surface area contributed by atoms with Crippen LogP contribution in [0.1, 0.15) is 23.2 Å². The lowest BCUT2D eigenvalue weighted by Gasteiger charge is -2.23. The number of aliphatic hydroxyl groups is 1. The summed E-state index contributed by atoms with van der Waals surface area (Å²) >= 11 is 0. The van der Waals surface area contributed by atoms with E-state index in [2.05, 4.69) is 25.6 Å². The van der Waals surface area contributed by atoms with Crippen molar-refractivity contribution in [3.63, 3.8) is 0 Å². The van der Waals surface area contributed by atoms with Crippen LogP contribution in [0.25, 0.3) is 0 Å². The van der Waals surface area contributed by atoms with Gasteiger partial charge in [-0.3, -0.25) is 9.88 Å². The van der Waals surface area contributed by atoms with E-state index in [4.69, 9.17) is 9.47 Å². The maximum atomic E-state index is 14.0. The predicted molar refractivity (Wildman–Crippen MR) is 112 cm³/mol. The highest BCUT2D eigenvalue weighted by Crippen LogP contribution is 2.32. The van der Waals surface area contributed by atoms with Crippen molar-refractivity contribution >= 4 is 17.7 Å². The molecule has 170 valence electrons. The van der Waals surface area contributed by atoms with Gasteiger partial charge in [-0.05, 0) is 49.8 Å². The standard InChI is InChI=1S/C21H25FN6O4/c1-11-14-4-12(5-15(14)16(22)7-24-11)2-3-23-6-13-9-28(21(30)32-13)17-8-25-20-19(26-17)27-18(29)10-31-20/h7-8,12-13,18,23,29H,2-6,9-10H2,1H3,(H,26,27). The van der Waals surface area contributed by atoms with Crippen LogP contribution < -0.4 is 20.3 Å². The van der Waals surface area contributed by atoms with Crippen LogP contribution in [0.2, 0.25) is 0 Å². The van der Waals surface area contributed by atoms with E-state index in [-0.39, 0.29) is 30.2 Å². The molecule has 3 N–H and O–H groups in total. The summed E-state index contributed by atoms with van der Waals surface area (Å²) in [6.07, 6.45) is 3.57. The van der Waals surface area contributed by atoms with Crippen LogP contribution >= 0.6 is 0 Å². The van der Waals surface area contributed by atoms with Crippen molar-refractivity contribution in [1.29, 1.82) is 0 Å². The SMILES string of the molecule is Cc1ncc(F)c2c1CC(CCNCC1CN(c3cnc4c(n3)NC(O)CO4)C(=O)O1)C2. The molecule has 5 rings (SSSR count). The molecule has 3 atom stereocenters. The van der Waals surface area contributed by atoms with Crippen molar-refractivity contribution in [3.05, 3.63) is 35.0 Å². The molecule has 1 amide bonds. The summed E-state index contributed by atoms with van der Waals surface area (Å²) in [6.45, 7) is 3.61. The third kappa shape index (κ3) is 4.05. The number of cyclic esters (lactones) is 1. The Morgan fingerprint density at radius 3 is 3.00 bits per heavy atom. The minimum absolute atomic E-state index is 0.0823. The molecule has 2 aromatic heterocycles. The highest BCUT2D eigenvalue weighted by atomic mass is 19.1. The van der Waals surface area contributed by atoms with Gasteiger partial charge in [0, 0.05) is 12.2 Å². The van der Waals surface area contributed by atoms with E-state index in [1.807, 2.05) is 6.92 Å².